The number of Topliss-reactive ketones (excluding diaryl/α,β-unsaturated/α-hetero) is 1. The molecule has 4 aliphatic carbocycles. The highest BCUT2D eigenvalue weighted by Crippen LogP contribution is 2.67. The average Bonchev–Trinajstić information content (AvgIpc) is 2.93. The minimum atomic E-state index is -0.599. The van der Waals surface area contributed by atoms with Crippen molar-refractivity contribution in [1.29, 1.82) is 10.7 Å². The zero-order valence-corrected chi connectivity index (χ0v) is 16.1. The molecule has 0 heterocycles. The summed E-state index contributed by atoms with van der Waals surface area (Å²) in [5, 5.41) is 28.5. The first-order valence-electron chi connectivity index (χ1n) is 10.1. The lowest BCUT2D eigenvalue weighted by Crippen LogP contribution is -2.59. The van der Waals surface area contributed by atoms with E-state index in [1.165, 1.54) is 0 Å². The largest absolute Gasteiger partial charge is 0.393 e. The summed E-state index contributed by atoms with van der Waals surface area (Å²) in [5.41, 5.74) is -0.840. The van der Waals surface area contributed by atoms with Crippen molar-refractivity contribution < 1.29 is 9.90 Å². The van der Waals surface area contributed by atoms with Crippen LogP contribution < -0.4 is 0 Å². The number of aliphatic hydroxyl groups is 1. The molecule has 0 saturated heterocycles. The zero-order chi connectivity index (χ0) is 18.9. The molecule has 2 N–H and O–H groups in total. The number of hydrogen-bond donors (Lipinski definition) is 2. The van der Waals surface area contributed by atoms with Gasteiger partial charge in [0.05, 0.1) is 11.7 Å². The van der Waals surface area contributed by atoms with E-state index in [1.807, 2.05) is 19.9 Å². The second kappa shape index (κ2) is 5.52. The number of rotatable bonds is 1. The Hall–Kier alpha value is -1.47. The average molecular weight is 354 g/mol. The molecular weight excluding hydrogens is 324 g/mol. The van der Waals surface area contributed by atoms with Crippen LogP contribution in [0.5, 0.6) is 0 Å². The number of nitriles is 1. The van der Waals surface area contributed by atoms with E-state index in [4.69, 9.17) is 5.41 Å². The van der Waals surface area contributed by atoms with E-state index in [0.717, 1.165) is 38.5 Å². The maximum atomic E-state index is 12.8. The van der Waals surface area contributed by atoms with Crippen LogP contribution >= 0.6 is 0 Å². The molecule has 4 nitrogen and oxygen atoms in total. The molecule has 26 heavy (non-hydrogen) atoms. The van der Waals surface area contributed by atoms with E-state index in [1.54, 1.807) is 6.21 Å². The van der Waals surface area contributed by atoms with Gasteiger partial charge in [-0.3, -0.25) is 4.79 Å². The number of fused-ring (bicyclic) bond motifs is 5. The monoisotopic (exact) mass is 354 g/mol. The quantitative estimate of drug-likeness (QED) is 0.700. The molecule has 0 aromatic heterocycles. The summed E-state index contributed by atoms with van der Waals surface area (Å²) in [6.45, 7) is 6.18. The first-order chi connectivity index (χ1) is 12.2. The van der Waals surface area contributed by atoms with Gasteiger partial charge in [-0.05, 0) is 67.6 Å². The summed E-state index contributed by atoms with van der Waals surface area (Å²) in [7, 11) is 0. The van der Waals surface area contributed by atoms with Crippen LogP contribution in [0.25, 0.3) is 0 Å². The number of hydrogen-bond acceptors (Lipinski definition) is 4. The standard InChI is InChI=1S/C22H30N2O2/c1-20(2)17-6-4-14-15-5-7-18(25)21(15,3)9-8-16(14)22(17,12-24)10-13(11-23)19(20)26/h10,12,14-18,24-25H,4-9H2,1-3H3/t14?,15?,16?,17?,18-,21-,22-/m0/s1. The second-order valence-corrected chi connectivity index (χ2v) is 10.0. The predicted molar refractivity (Wildman–Crippen MR) is 99.5 cm³/mol. The van der Waals surface area contributed by atoms with E-state index >= 15 is 0 Å². The van der Waals surface area contributed by atoms with Crippen LogP contribution in [-0.4, -0.2) is 23.2 Å². The van der Waals surface area contributed by atoms with E-state index < -0.39 is 10.8 Å². The maximum absolute atomic E-state index is 12.8. The summed E-state index contributed by atoms with van der Waals surface area (Å²) in [6, 6.07) is 2.13. The summed E-state index contributed by atoms with van der Waals surface area (Å²) in [6.07, 6.45) is 9.11. The van der Waals surface area contributed by atoms with Gasteiger partial charge in [-0.2, -0.15) is 5.26 Å². The molecule has 4 heteroatoms. The summed E-state index contributed by atoms with van der Waals surface area (Å²) < 4.78 is 0. The Balaban J connectivity index is 1.82. The van der Waals surface area contributed by atoms with Gasteiger partial charge in [-0.25, -0.2) is 0 Å². The Morgan fingerprint density at radius 3 is 2.58 bits per heavy atom. The summed E-state index contributed by atoms with van der Waals surface area (Å²) >= 11 is 0. The van der Waals surface area contributed by atoms with Gasteiger partial charge in [0.15, 0.2) is 5.78 Å². The van der Waals surface area contributed by atoms with Crippen LogP contribution in [-0.2, 0) is 4.79 Å². The number of carbonyl (C=O) groups excluding carboxylic acids is 1. The van der Waals surface area contributed by atoms with E-state index in [9.17, 15) is 15.2 Å². The Bertz CT molecular complexity index is 733. The maximum Gasteiger partial charge on any atom is 0.178 e. The van der Waals surface area contributed by atoms with Crippen LogP contribution in [0.15, 0.2) is 11.6 Å². The third-order valence-electron chi connectivity index (χ3n) is 8.89. The van der Waals surface area contributed by atoms with E-state index in [0.29, 0.717) is 17.8 Å². The van der Waals surface area contributed by atoms with Gasteiger partial charge in [0.1, 0.15) is 6.07 Å². The summed E-state index contributed by atoms with van der Waals surface area (Å²) in [4.78, 5) is 12.8. The highest BCUT2D eigenvalue weighted by Gasteiger charge is 2.64. The van der Waals surface area contributed by atoms with Crippen molar-refractivity contribution in [3.63, 3.8) is 0 Å². The lowest BCUT2D eigenvalue weighted by atomic mass is 9.42. The van der Waals surface area contributed by atoms with Crippen LogP contribution in [0.2, 0.25) is 0 Å². The van der Waals surface area contributed by atoms with Crippen molar-refractivity contribution in [3.05, 3.63) is 11.6 Å². The summed E-state index contributed by atoms with van der Waals surface area (Å²) in [5.74, 6) is 1.31. The van der Waals surface area contributed by atoms with E-state index in [-0.39, 0.29) is 28.8 Å². The normalized spacial score (nSPS) is 49.3. The molecular formula is C22H30N2O2. The van der Waals surface area contributed by atoms with Crippen LogP contribution in [0.1, 0.15) is 59.3 Å². The third kappa shape index (κ3) is 1.99. The first-order valence-corrected chi connectivity index (χ1v) is 10.1. The third-order valence-corrected chi connectivity index (χ3v) is 8.89. The molecule has 3 saturated carbocycles. The lowest BCUT2D eigenvalue weighted by Gasteiger charge is -2.61. The van der Waals surface area contributed by atoms with Crippen LogP contribution in [0.3, 0.4) is 0 Å². The topological polar surface area (TPSA) is 84.9 Å². The Kier molecular flexibility index (Phi) is 3.80. The van der Waals surface area contributed by atoms with Crippen LogP contribution in [0.4, 0.5) is 0 Å². The number of ketones is 1. The fraction of sp³-hybridized carbons (Fsp3) is 0.773. The van der Waals surface area contributed by atoms with Gasteiger partial charge in [-0.15, -0.1) is 0 Å². The Morgan fingerprint density at radius 2 is 1.92 bits per heavy atom. The van der Waals surface area contributed by atoms with Crippen molar-refractivity contribution >= 4 is 12.0 Å². The molecule has 140 valence electrons. The van der Waals surface area contributed by atoms with Crippen LogP contribution in [0, 0.1) is 56.7 Å². The zero-order valence-electron chi connectivity index (χ0n) is 16.1. The molecule has 0 aliphatic heterocycles. The lowest BCUT2D eigenvalue weighted by molar-refractivity contribution is -0.137. The van der Waals surface area contributed by atoms with Crippen molar-refractivity contribution in [2.45, 2.75) is 65.4 Å². The van der Waals surface area contributed by atoms with Crippen molar-refractivity contribution in [3.8, 4) is 6.07 Å². The van der Waals surface area contributed by atoms with Gasteiger partial charge < -0.3 is 10.5 Å². The smallest absolute Gasteiger partial charge is 0.178 e. The van der Waals surface area contributed by atoms with Gasteiger partial charge in [0.25, 0.3) is 0 Å². The molecule has 3 fully saturated rings. The molecule has 0 aromatic carbocycles. The molecule has 0 radical (unpaired) electrons. The highest BCUT2D eigenvalue weighted by molar-refractivity contribution is 6.05. The van der Waals surface area contributed by atoms with E-state index in [2.05, 4.69) is 13.0 Å². The number of carbonyl (C=O) groups is 1. The minimum Gasteiger partial charge on any atom is -0.393 e. The molecule has 0 spiro atoms. The van der Waals surface area contributed by atoms with Gasteiger partial charge in [0, 0.05) is 17.0 Å². The highest BCUT2D eigenvalue weighted by atomic mass is 16.3. The fourth-order valence-electron chi connectivity index (χ4n) is 7.50. The predicted octanol–water partition coefficient (Wildman–Crippen LogP) is 3.89. The van der Waals surface area contributed by atoms with Gasteiger partial charge in [0.2, 0.25) is 0 Å². The molecule has 4 unspecified atom stereocenters. The molecule has 4 aliphatic rings. The molecule has 4 rings (SSSR count). The number of aliphatic hydroxyl groups excluding tert-OH is 1. The van der Waals surface area contributed by atoms with Gasteiger partial charge >= 0.3 is 0 Å². The Labute approximate surface area is 156 Å². The Morgan fingerprint density at radius 1 is 1.19 bits per heavy atom. The molecule has 0 aromatic rings. The minimum absolute atomic E-state index is 0.000995. The molecule has 0 bridgehead atoms. The van der Waals surface area contributed by atoms with Crippen molar-refractivity contribution in [2.24, 2.45) is 39.9 Å². The number of allylic oxidation sites excluding steroid dienone is 2. The molecule has 0 amide bonds. The van der Waals surface area contributed by atoms with Crippen molar-refractivity contribution in [2.75, 3.05) is 0 Å². The second-order valence-electron chi connectivity index (χ2n) is 10.0. The first kappa shape index (κ1) is 17.9. The van der Waals surface area contributed by atoms with Crippen molar-refractivity contribution in [1.82, 2.24) is 0 Å². The SMILES string of the molecule is CC1(C)C(=O)C(C#N)=C[C@]2(C=N)C3CC[C@@]4(C)C(CC[C@@H]4O)C3CCC12. The number of nitrogens with one attached hydrogen (secondary N) is 1. The number of nitrogens with zero attached hydrogens (tertiary/aromatic N) is 1. The van der Waals surface area contributed by atoms with Gasteiger partial charge in [-0.1, -0.05) is 26.8 Å². The fourth-order valence-corrected chi connectivity index (χ4v) is 7.50. The molecule has 7 atom stereocenters.